The topological polar surface area (TPSA) is 67.8 Å². The van der Waals surface area contributed by atoms with Gasteiger partial charge in [0, 0.05) is 16.2 Å². The van der Waals surface area contributed by atoms with Crippen LogP contribution in [0.5, 0.6) is 17.2 Å². The number of nitrogens with one attached hydrogen (secondary N) is 1. The molecule has 0 unspecified atom stereocenters. The third-order valence-corrected chi connectivity index (χ3v) is 3.34. The van der Waals surface area contributed by atoms with Crippen molar-refractivity contribution >= 4 is 27.5 Å². The van der Waals surface area contributed by atoms with E-state index >= 15 is 0 Å². The lowest BCUT2D eigenvalue weighted by Gasteiger charge is -2.11. The standard InChI is InChI=1S/C15H14BrNO4/c1-20-13-6-4-10(8-14(13)21-2)17-15(19)11-5-3-9(16)7-12(11)18/h3-8,18H,1-2H3,(H,17,19). The predicted octanol–water partition coefficient (Wildman–Crippen LogP) is 3.42. The lowest BCUT2D eigenvalue weighted by molar-refractivity contribution is 0.102. The maximum absolute atomic E-state index is 12.1. The highest BCUT2D eigenvalue weighted by Gasteiger charge is 2.13. The Kier molecular flexibility index (Phi) is 4.70. The molecule has 5 nitrogen and oxygen atoms in total. The Hall–Kier alpha value is -2.21. The molecule has 110 valence electrons. The Morgan fingerprint density at radius 1 is 1.10 bits per heavy atom. The van der Waals surface area contributed by atoms with Gasteiger partial charge in [0.25, 0.3) is 5.91 Å². The lowest BCUT2D eigenvalue weighted by Crippen LogP contribution is -2.12. The molecule has 0 radical (unpaired) electrons. The van der Waals surface area contributed by atoms with Gasteiger partial charge in [0.2, 0.25) is 0 Å². The molecule has 0 spiro atoms. The highest BCUT2D eigenvalue weighted by atomic mass is 79.9. The number of methoxy groups -OCH3 is 2. The van der Waals surface area contributed by atoms with Crippen LogP contribution in [0.3, 0.4) is 0 Å². The molecule has 0 saturated heterocycles. The second-order valence-corrected chi connectivity index (χ2v) is 5.10. The highest BCUT2D eigenvalue weighted by Crippen LogP contribution is 2.30. The number of halogens is 1. The number of anilines is 1. The number of phenols is 1. The molecule has 0 aliphatic carbocycles. The molecule has 0 aliphatic heterocycles. The van der Waals surface area contributed by atoms with E-state index in [0.29, 0.717) is 21.7 Å². The normalized spacial score (nSPS) is 10.0. The van der Waals surface area contributed by atoms with Gasteiger partial charge in [-0.3, -0.25) is 4.79 Å². The zero-order chi connectivity index (χ0) is 15.4. The summed E-state index contributed by atoms with van der Waals surface area (Å²) in [6.45, 7) is 0. The summed E-state index contributed by atoms with van der Waals surface area (Å²) in [4.78, 5) is 12.1. The summed E-state index contributed by atoms with van der Waals surface area (Å²) in [5.41, 5.74) is 0.730. The quantitative estimate of drug-likeness (QED) is 0.885. The molecule has 0 atom stereocenters. The molecule has 2 aromatic rings. The number of carbonyl (C=O) groups excluding carboxylic acids is 1. The number of carbonyl (C=O) groups is 1. The van der Waals surface area contributed by atoms with Gasteiger partial charge in [-0.2, -0.15) is 0 Å². The number of hydrogen-bond donors (Lipinski definition) is 2. The largest absolute Gasteiger partial charge is 0.507 e. The van der Waals surface area contributed by atoms with Crippen molar-refractivity contribution in [1.29, 1.82) is 0 Å². The van der Waals surface area contributed by atoms with Crippen LogP contribution in [0.25, 0.3) is 0 Å². The number of ether oxygens (including phenoxy) is 2. The van der Waals surface area contributed by atoms with E-state index < -0.39 is 5.91 Å². The van der Waals surface area contributed by atoms with Crippen LogP contribution < -0.4 is 14.8 Å². The molecule has 0 heterocycles. The Bertz CT molecular complexity index is 673. The monoisotopic (exact) mass is 351 g/mol. The van der Waals surface area contributed by atoms with E-state index in [1.165, 1.54) is 26.4 Å². The summed E-state index contributed by atoms with van der Waals surface area (Å²) in [6, 6.07) is 9.71. The fourth-order valence-corrected chi connectivity index (χ4v) is 2.16. The molecule has 6 heteroatoms. The first kappa shape index (κ1) is 15.2. The maximum atomic E-state index is 12.1. The van der Waals surface area contributed by atoms with E-state index in [4.69, 9.17) is 9.47 Å². The summed E-state index contributed by atoms with van der Waals surface area (Å²) in [7, 11) is 3.06. The minimum atomic E-state index is -0.410. The summed E-state index contributed by atoms with van der Waals surface area (Å²) < 4.78 is 11.0. The molecule has 0 bridgehead atoms. The molecular formula is C15H14BrNO4. The minimum Gasteiger partial charge on any atom is -0.507 e. The molecule has 0 fully saturated rings. The average molecular weight is 352 g/mol. The van der Waals surface area contributed by atoms with E-state index in [1.54, 1.807) is 24.3 Å². The van der Waals surface area contributed by atoms with Gasteiger partial charge in [0.15, 0.2) is 11.5 Å². The average Bonchev–Trinajstić information content (AvgIpc) is 2.46. The number of phenolic OH excluding ortho intramolecular Hbond substituents is 1. The van der Waals surface area contributed by atoms with Crippen LogP contribution in [-0.2, 0) is 0 Å². The smallest absolute Gasteiger partial charge is 0.259 e. The molecule has 0 aromatic heterocycles. The van der Waals surface area contributed by atoms with Crippen molar-refractivity contribution in [3.63, 3.8) is 0 Å². The van der Waals surface area contributed by atoms with Crippen LogP contribution in [0.2, 0.25) is 0 Å². The number of amides is 1. The summed E-state index contributed by atoms with van der Waals surface area (Å²) in [5.74, 6) is 0.576. The van der Waals surface area contributed by atoms with Gasteiger partial charge in [-0.05, 0) is 30.3 Å². The maximum Gasteiger partial charge on any atom is 0.259 e. The van der Waals surface area contributed by atoms with Crippen molar-refractivity contribution in [3.8, 4) is 17.2 Å². The van der Waals surface area contributed by atoms with Crippen LogP contribution in [0, 0.1) is 0 Å². The first-order chi connectivity index (χ1) is 10.0. The third-order valence-electron chi connectivity index (χ3n) is 2.85. The van der Waals surface area contributed by atoms with Crippen LogP contribution in [0.1, 0.15) is 10.4 Å². The van der Waals surface area contributed by atoms with Gasteiger partial charge in [-0.15, -0.1) is 0 Å². The van der Waals surface area contributed by atoms with Crippen molar-refractivity contribution in [3.05, 3.63) is 46.4 Å². The first-order valence-electron chi connectivity index (χ1n) is 6.07. The van der Waals surface area contributed by atoms with E-state index in [9.17, 15) is 9.90 Å². The first-order valence-corrected chi connectivity index (χ1v) is 6.86. The number of aromatic hydroxyl groups is 1. The number of benzene rings is 2. The van der Waals surface area contributed by atoms with Crippen LogP contribution >= 0.6 is 15.9 Å². The van der Waals surface area contributed by atoms with Gasteiger partial charge in [0.1, 0.15) is 5.75 Å². The fraction of sp³-hybridized carbons (Fsp3) is 0.133. The van der Waals surface area contributed by atoms with Gasteiger partial charge in [0.05, 0.1) is 19.8 Å². The molecule has 2 aromatic carbocycles. The zero-order valence-corrected chi connectivity index (χ0v) is 13.1. The molecule has 0 aliphatic rings. The minimum absolute atomic E-state index is 0.0950. The fourth-order valence-electron chi connectivity index (χ4n) is 1.81. The van der Waals surface area contributed by atoms with Gasteiger partial charge >= 0.3 is 0 Å². The predicted molar refractivity (Wildman–Crippen MR) is 83.3 cm³/mol. The molecule has 21 heavy (non-hydrogen) atoms. The van der Waals surface area contributed by atoms with E-state index in [1.807, 2.05) is 0 Å². The molecular weight excluding hydrogens is 338 g/mol. The Balaban J connectivity index is 2.23. The Morgan fingerprint density at radius 2 is 1.81 bits per heavy atom. The summed E-state index contributed by atoms with van der Waals surface area (Å²) >= 11 is 3.22. The van der Waals surface area contributed by atoms with E-state index in [0.717, 1.165) is 0 Å². The molecule has 2 rings (SSSR count). The van der Waals surface area contributed by atoms with Gasteiger partial charge < -0.3 is 19.9 Å². The molecule has 0 saturated carbocycles. The van der Waals surface area contributed by atoms with Crippen LogP contribution in [0.4, 0.5) is 5.69 Å². The lowest BCUT2D eigenvalue weighted by atomic mass is 10.2. The summed E-state index contributed by atoms with van der Waals surface area (Å²) in [5, 5.41) is 12.5. The van der Waals surface area contributed by atoms with Crippen molar-refractivity contribution in [2.45, 2.75) is 0 Å². The molecule has 1 amide bonds. The van der Waals surface area contributed by atoms with Crippen molar-refractivity contribution < 1.29 is 19.4 Å². The Morgan fingerprint density at radius 3 is 2.43 bits per heavy atom. The van der Waals surface area contributed by atoms with E-state index in [2.05, 4.69) is 21.2 Å². The summed E-state index contributed by atoms with van der Waals surface area (Å²) in [6.07, 6.45) is 0. The SMILES string of the molecule is COc1ccc(NC(=O)c2ccc(Br)cc2O)cc1OC. The van der Waals surface area contributed by atoms with Crippen molar-refractivity contribution in [1.82, 2.24) is 0 Å². The number of hydrogen-bond acceptors (Lipinski definition) is 4. The van der Waals surface area contributed by atoms with Crippen molar-refractivity contribution in [2.24, 2.45) is 0 Å². The second-order valence-electron chi connectivity index (χ2n) is 4.19. The highest BCUT2D eigenvalue weighted by molar-refractivity contribution is 9.10. The van der Waals surface area contributed by atoms with Gasteiger partial charge in [-0.25, -0.2) is 0 Å². The third kappa shape index (κ3) is 3.46. The Labute approximate surface area is 130 Å². The second kappa shape index (κ2) is 6.49. The van der Waals surface area contributed by atoms with Crippen LogP contribution in [-0.4, -0.2) is 25.2 Å². The van der Waals surface area contributed by atoms with E-state index in [-0.39, 0.29) is 11.3 Å². The number of rotatable bonds is 4. The molecule has 2 N–H and O–H groups in total. The zero-order valence-electron chi connectivity index (χ0n) is 11.5. The van der Waals surface area contributed by atoms with Gasteiger partial charge in [-0.1, -0.05) is 15.9 Å². The van der Waals surface area contributed by atoms with Crippen molar-refractivity contribution in [2.75, 3.05) is 19.5 Å². The van der Waals surface area contributed by atoms with Crippen LogP contribution in [0.15, 0.2) is 40.9 Å².